The van der Waals surface area contributed by atoms with Crippen LogP contribution in [0.5, 0.6) is 11.5 Å². The molecule has 0 aromatic heterocycles. The highest BCUT2D eigenvalue weighted by molar-refractivity contribution is 5.77. The summed E-state index contributed by atoms with van der Waals surface area (Å²) in [5.74, 6) is -0.111. The van der Waals surface area contributed by atoms with E-state index in [0.29, 0.717) is 11.8 Å². The van der Waals surface area contributed by atoms with Gasteiger partial charge in [-0.2, -0.15) is 0 Å². The van der Waals surface area contributed by atoms with E-state index in [4.69, 9.17) is 4.74 Å². The van der Waals surface area contributed by atoms with Gasteiger partial charge >= 0.3 is 5.69 Å². The van der Waals surface area contributed by atoms with Gasteiger partial charge in [-0.1, -0.05) is 0 Å². The highest BCUT2D eigenvalue weighted by Crippen LogP contribution is 2.32. The molecular weight excluding hydrogens is 265 g/mol. The van der Waals surface area contributed by atoms with Crippen LogP contribution in [0, 0.1) is 22.9 Å². The lowest BCUT2D eigenvalue weighted by molar-refractivity contribution is -0.385. The Balaban J connectivity index is 2.39. The number of benzene rings is 2. The van der Waals surface area contributed by atoms with Crippen LogP contribution in [0.15, 0.2) is 36.4 Å². The standard InChI is InChI=1S/C14H10FNO4/c1-9-6-11(3-4-12(9)15)20-14-5-2-10(8-17)7-13(14)16(18)19/h2-8H,1H3. The molecular formula is C14H10FNO4. The molecule has 0 aliphatic heterocycles. The molecule has 6 heteroatoms. The van der Waals surface area contributed by atoms with Gasteiger partial charge < -0.3 is 4.74 Å². The number of nitrogens with zero attached hydrogens (tertiary/aromatic N) is 1. The number of ether oxygens (including phenoxy) is 1. The lowest BCUT2D eigenvalue weighted by Gasteiger charge is -2.07. The normalized spacial score (nSPS) is 10.1. The van der Waals surface area contributed by atoms with Gasteiger partial charge in [-0.25, -0.2) is 4.39 Å². The maximum atomic E-state index is 13.1. The van der Waals surface area contributed by atoms with Crippen molar-refractivity contribution in [2.45, 2.75) is 6.92 Å². The summed E-state index contributed by atoms with van der Waals surface area (Å²) in [6, 6.07) is 7.90. The summed E-state index contributed by atoms with van der Waals surface area (Å²) in [4.78, 5) is 20.9. The number of hydrogen-bond acceptors (Lipinski definition) is 4. The Labute approximate surface area is 113 Å². The second-order valence-corrected chi connectivity index (χ2v) is 4.12. The molecule has 0 spiro atoms. The molecule has 0 aliphatic rings. The van der Waals surface area contributed by atoms with E-state index >= 15 is 0 Å². The molecule has 0 amide bonds. The average molecular weight is 275 g/mol. The molecule has 0 radical (unpaired) electrons. The van der Waals surface area contributed by atoms with Crippen molar-refractivity contribution in [1.82, 2.24) is 0 Å². The van der Waals surface area contributed by atoms with Gasteiger partial charge in [-0.15, -0.1) is 0 Å². The van der Waals surface area contributed by atoms with Crippen LogP contribution in [-0.4, -0.2) is 11.2 Å². The minimum atomic E-state index is -0.640. The van der Waals surface area contributed by atoms with Gasteiger partial charge in [0.15, 0.2) is 0 Å². The van der Waals surface area contributed by atoms with E-state index in [1.807, 2.05) is 0 Å². The van der Waals surface area contributed by atoms with Crippen molar-refractivity contribution < 1.29 is 18.8 Å². The van der Waals surface area contributed by atoms with Crippen LogP contribution in [0.2, 0.25) is 0 Å². The van der Waals surface area contributed by atoms with Crippen LogP contribution >= 0.6 is 0 Å². The molecule has 2 aromatic carbocycles. The number of nitro groups is 1. The molecule has 0 heterocycles. The van der Waals surface area contributed by atoms with Gasteiger partial charge in [0.25, 0.3) is 0 Å². The first-order valence-corrected chi connectivity index (χ1v) is 5.69. The van der Waals surface area contributed by atoms with Crippen molar-refractivity contribution in [1.29, 1.82) is 0 Å². The monoisotopic (exact) mass is 275 g/mol. The Morgan fingerprint density at radius 3 is 2.60 bits per heavy atom. The number of nitro benzene ring substituents is 1. The molecule has 0 atom stereocenters. The second-order valence-electron chi connectivity index (χ2n) is 4.12. The summed E-state index contributed by atoms with van der Waals surface area (Å²) in [5.41, 5.74) is 0.227. The summed E-state index contributed by atoms with van der Waals surface area (Å²) in [6.07, 6.45) is 0.513. The number of carbonyl (C=O) groups excluding carboxylic acids is 1. The van der Waals surface area contributed by atoms with E-state index in [-0.39, 0.29) is 28.6 Å². The first kappa shape index (κ1) is 13.7. The molecule has 0 saturated carbocycles. The van der Waals surface area contributed by atoms with Crippen LogP contribution in [-0.2, 0) is 0 Å². The molecule has 20 heavy (non-hydrogen) atoms. The van der Waals surface area contributed by atoms with Crippen molar-refractivity contribution in [2.24, 2.45) is 0 Å². The molecule has 0 saturated heterocycles. The fourth-order valence-corrected chi connectivity index (χ4v) is 1.64. The third-order valence-electron chi connectivity index (χ3n) is 2.67. The molecule has 0 fully saturated rings. The van der Waals surface area contributed by atoms with Gasteiger partial charge in [0.1, 0.15) is 17.9 Å². The minimum Gasteiger partial charge on any atom is -0.450 e. The van der Waals surface area contributed by atoms with Crippen LogP contribution in [0.25, 0.3) is 0 Å². The Morgan fingerprint density at radius 2 is 2.00 bits per heavy atom. The maximum Gasteiger partial charge on any atom is 0.312 e. The van der Waals surface area contributed by atoms with Gasteiger partial charge in [0.2, 0.25) is 5.75 Å². The molecule has 0 aliphatic carbocycles. The van der Waals surface area contributed by atoms with Crippen molar-refractivity contribution in [3.63, 3.8) is 0 Å². The van der Waals surface area contributed by atoms with Crippen molar-refractivity contribution in [3.05, 3.63) is 63.5 Å². The third-order valence-corrected chi connectivity index (χ3v) is 2.67. The zero-order valence-corrected chi connectivity index (χ0v) is 10.5. The SMILES string of the molecule is Cc1cc(Oc2ccc(C=O)cc2[N+](=O)[O-])ccc1F. The zero-order chi connectivity index (χ0) is 14.7. The fraction of sp³-hybridized carbons (Fsp3) is 0.0714. The summed E-state index contributed by atoms with van der Waals surface area (Å²) < 4.78 is 18.5. The van der Waals surface area contributed by atoms with Crippen LogP contribution < -0.4 is 4.74 Å². The van der Waals surface area contributed by atoms with E-state index in [2.05, 4.69) is 0 Å². The van der Waals surface area contributed by atoms with Crippen molar-refractivity contribution in [2.75, 3.05) is 0 Å². The van der Waals surface area contributed by atoms with Crippen LogP contribution in [0.1, 0.15) is 15.9 Å². The molecule has 0 unspecified atom stereocenters. The van der Waals surface area contributed by atoms with Gasteiger partial charge in [0.05, 0.1) is 4.92 Å². The number of rotatable bonds is 4. The fourth-order valence-electron chi connectivity index (χ4n) is 1.64. The molecule has 2 aromatic rings. The predicted octanol–water partition coefficient (Wildman–Crippen LogP) is 3.65. The third kappa shape index (κ3) is 2.80. The average Bonchev–Trinajstić information content (AvgIpc) is 2.43. The van der Waals surface area contributed by atoms with Gasteiger partial charge in [0, 0.05) is 11.6 Å². The molecule has 2 rings (SSSR count). The quantitative estimate of drug-likeness (QED) is 0.485. The zero-order valence-electron chi connectivity index (χ0n) is 10.5. The summed E-state index contributed by atoms with van der Waals surface area (Å²) in [7, 11) is 0. The summed E-state index contributed by atoms with van der Waals surface area (Å²) in [5, 5.41) is 11.0. The van der Waals surface area contributed by atoms with Crippen molar-refractivity contribution in [3.8, 4) is 11.5 Å². The van der Waals surface area contributed by atoms with Gasteiger partial charge in [-0.05, 0) is 42.8 Å². The number of aldehydes is 1. The first-order valence-electron chi connectivity index (χ1n) is 5.69. The number of halogens is 1. The van der Waals surface area contributed by atoms with E-state index in [1.54, 1.807) is 6.92 Å². The van der Waals surface area contributed by atoms with E-state index in [9.17, 15) is 19.3 Å². The van der Waals surface area contributed by atoms with E-state index in [1.165, 1.54) is 30.3 Å². The number of hydrogen-bond donors (Lipinski definition) is 0. The number of carbonyl (C=O) groups is 1. The Bertz CT molecular complexity index is 685. The molecule has 0 bridgehead atoms. The minimum absolute atomic E-state index is 0.00777. The molecule has 5 nitrogen and oxygen atoms in total. The maximum absolute atomic E-state index is 13.1. The van der Waals surface area contributed by atoms with Crippen LogP contribution in [0.3, 0.4) is 0 Å². The molecule has 102 valence electrons. The smallest absolute Gasteiger partial charge is 0.312 e. The predicted molar refractivity (Wildman–Crippen MR) is 69.7 cm³/mol. The summed E-state index contributed by atoms with van der Waals surface area (Å²) in [6.45, 7) is 1.56. The highest BCUT2D eigenvalue weighted by atomic mass is 19.1. The Morgan fingerprint density at radius 1 is 1.25 bits per heavy atom. The Kier molecular flexibility index (Phi) is 3.74. The van der Waals surface area contributed by atoms with Crippen molar-refractivity contribution >= 4 is 12.0 Å². The highest BCUT2D eigenvalue weighted by Gasteiger charge is 2.17. The topological polar surface area (TPSA) is 69.4 Å². The van der Waals surface area contributed by atoms with E-state index < -0.39 is 4.92 Å². The lowest BCUT2D eigenvalue weighted by Crippen LogP contribution is -1.95. The van der Waals surface area contributed by atoms with E-state index in [0.717, 1.165) is 6.07 Å². The number of aryl methyl sites for hydroxylation is 1. The summed E-state index contributed by atoms with van der Waals surface area (Å²) >= 11 is 0. The second kappa shape index (κ2) is 5.48. The van der Waals surface area contributed by atoms with Gasteiger partial charge in [-0.3, -0.25) is 14.9 Å². The van der Waals surface area contributed by atoms with Crippen LogP contribution in [0.4, 0.5) is 10.1 Å². The lowest BCUT2D eigenvalue weighted by atomic mass is 10.2. The largest absolute Gasteiger partial charge is 0.450 e. The first-order chi connectivity index (χ1) is 9.51. The Hall–Kier alpha value is -2.76. The molecule has 0 N–H and O–H groups in total.